The van der Waals surface area contributed by atoms with Crippen LogP contribution in [0.2, 0.25) is 0 Å². The molecule has 3 aromatic rings. The summed E-state index contributed by atoms with van der Waals surface area (Å²) in [5.41, 5.74) is 2.71. The molecule has 0 radical (unpaired) electrons. The molecule has 0 aliphatic carbocycles. The van der Waals surface area contributed by atoms with Crippen LogP contribution in [-0.4, -0.2) is 59.8 Å². The van der Waals surface area contributed by atoms with E-state index in [1.807, 2.05) is 54.0 Å². The number of rotatable bonds is 12. The van der Waals surface area contributed by atoms with E-state index in [9.17, 15) is 9.59 Å². The molecule has 0 saturated heterocycles. The minimum absolute atomic E-state index is 0.137. The topological polar surface area (TPSA) is 105 Å². The van der Waals surface area contributed by atoms with Crippen LogP contribution >= 0.6 is 11.8 Å². The van der Waals surface area contributed by atoms with E-state index < -0.39 is 0 Å². The molecule has 1 aromatic heterocycles. The molecule has 35 heavy (non-hydrogen) atoms. The van der Waals surface area contributed by atoms with E-state index in [2.05, 4.69) is 15.5 Å². The van der Waals surface area contributed by atoms with Crippen LogP contribution in [0.1, 0.15) is 25.3 Å². The van der Waals surface area contributed by atoms with Crippen molar-refractivity contribution in [2.75, 3.05) is 33.1 Å². The standard InChI is InChI=1S/C25H30N4O5S/c1-5-34-23(31)7-6-14-26-22(30)16-35-25-28-27-24(18-10-8-17(2)9-11-18)29(25)20-15-19(32-3)12-13-21(20)33-4/h8-13,15H,5-7,14,16H2,1-4H3,(H,26,30). The van der Waals surface area contributed by atoms with Crippen molar-refractivity contribution in [3.8, 4) is 28.6 Å². The van der Waals surface area contributed by atoms with Gasteiger partial charge in [0, 0.05) is 24.6 Å². The van der Waals surface area contributed by atoms with E-state index in [-0.39, 0.29) is 24.1 Å². The van der Waals surface area contributed by atoms with Gasteiger partial charge in [0.25, 0.3) is 0 Å². The lowest BCUT2D eigenvalue weighted by Crippen LogP contribution is -2.26. The number of esters is 1. The van der Waals surface area contributed by atoms with Gasteiger partial charge in [0.05, 0.1) is 32.3 Å². The second-order valence-electron chi connectivity index (χ2n) is 7.59. The smallest absolute Gasteiger partial charge is 0.305 e. The summed E-state index contributed by atoms with van der Waals surface area (Å²) >= 11 is 1.26. The van der Waals surface area contributed by atoms with Crippen molar-refractivity contribution in [3.63, 3.8) is 0 Å². The molecule has 1 heterocycles. The molecule has 3 rings (SSSR count). The number of ether oxygens (including phenoxy) is 3. The minimum Gasteiger partial charge on any atom is -0.497 e. The number of methoxy groups -OCH3 is 2. The fourth-order valence-electron chi connectivity index (χ4n) is 3.32. The number of nitrogens with one attached hydrogen (secondary N) is 1. The summed E-state index contributed by atoms with van der Waals surface area (Å²) in [7, 11) is 3.19. The maximum atomic E-state index is 12.4. The summed E-state index contributed by atoms with van der Waals surface area (Å²) < 4.78 is 17.8. The Bertz CT molecular complexity index is 1150. The summed E-state index contributed by atoms with van der Waals surface area (Å²) in [6, 6.07) is 13.5. The first kappa shape index (κ1) is 26.1. The number of aryl methyl sites for hydroxylation is 1. The zero-order valence-electron chi connectivity index (χ0n) is 20.4. The number of thioether (sulfide) groups is 1. The highest BCUT2D eigenvalue weighted by Crippen LogP contribution is 2.34. The predicted octanol–water partition coefficient (Wildman–Crippen LogP) is 3.81. The van der Waals surface area contributed by atoms with Crippen LogP contribution in [-0.2, 0) is 14.3 Å². The molecule has 0 bridgehead atoms. The van der Waals surface area contributed by atoms with Gasteiger partial charge in [0.15, 0.2) is 11.0 Å². The SMILES string of the molecule is CCOC(=O)CCCNC(=O)CSc1nnc(-c2ccc(C)cc2)n1-c1cc(OC)ccc1OC. The summed E-state index contributed by atoms with van der Waals surface area (Å²) in [4.78, 5) is 23.9. The van der Waals surface area contributed by atoms with Gasteiger partial charge in [-0.1, -0.05) is 41.6 Å². The van der Waals surface area contributed by atoms with Gasteiger partial charge in [-0.2, -0.15) is 0 Å². The van der Waals surface area contributed by atoms with Gasteiger partial charge >= 0.3 is 5.97 Å². The number of hydrogen-bond donors (Lipinski definition) is 1. The Kier molecular flexibility index (Phi) is 9.54. The second kappa shape index (κ2) is 12.8. The third-order valence-corrected chi connectivity index (χ3v) is 6.02. The Balaban J connectivity index is 1.82. The Labute approximate surface area is 209 Å². The van der Waals surface area contributed by atoms with Crippen molar-refractivity contribution in [1.29, 1.82) is 0 Å². The van der Waals surface area contributed by atoms with Gasteiger partial charge in [-0.25, -0.2) is 0 Å². The number of carbonyl (C=O) groups is 2. The second-order valence-corrected chi connectivity index (χ2v) is 8.54. The third-order valence-electron chi connectivity index (χ3n) is 5.09. The largest absolute Gasteiger partial charge is 0.497 e. The van der Waals surface area contributed by atoms with Crippen LogP contribution < -0.4 is 14.8 Å². The lowest BCUT2D eigenvalue weighted by molar-refractivity contribution is -0.143. The highest BCUT2D eigenvalue weighted by atomic mass is 32.2. The lowest BCUT2D eigenvalue weighted by atomic mass is 10.1. The number of benzene rings is 2. The Morgan fingerprint density at radius 2 is 1.83 bits per heavy atom. The summed E-state index contributed by atoms with van der Waals surface area (Å²) in [5, 5.41) is 12.2. The van der Waals surface area contributed by atoms with Crippen molar-refractivity contribution >= 4 is 23.6 Å². The first-order valence-corrected chi connectivity index (χ1v) is 12.2. The quantitative estimate of drug-likeness (QED) is 0.228. The van der Waals surface area contributed by atoms with E-state index in [0.29, 0.717) is 47.7 Å². The molecule has 0 unspecified atom stereocenters. The molecule has 186 valence electrons. The van der Waals surface area contributed by atoms with Crippen molar-refractivity contribution in [2.45, 2.75) is 31.8 Å². The molecule has 0 atom stereocenters. The normalized spacial score (nSPS) is 10.6. The zero-order chi connectivity index (χ0) is 25.2. The summed E-state index contributed by atoms with van der Waals surface area (Å²) in [6.07, 6.45) is 0.787. The first-order chi connectivity index (χ1) is 17.0. The molecule has 1 amide bonds. The molecule has 0 aliphatic rings. The lowest BCUT2D eigenvalue weighted by Gasteiger charge is -2.15. The summed E-state index contributed by atoms with van der Waals surface area (Å²) in [6.45, 7) is 4.53. The van der Waals surface area contributed by atoms with Gasteiger partial charge in [-0.05, 0) is 32.4 Å². The number of nitrogens with zero attached hydrogens (tertiary/aromatic N) is 3. The zero-order valence-corrected chi connectivity index (χ0v) is 21.2. The number of amides is 1. The molecular weight excluding hydrogens is 468 g/mol. The van der Waals surface area contributed by atoms with Crippen LogP contribution in [0, 0.1) is 6.92 Å². The van der Waals surface area contributed by atoms with Crippen LogP contribution in [0.15, 0.2) is 47.6 Å². The fourth-order valence-corrected chi connectivity index (χ4v) is 4.09. The third kappa shape index (κ3) is 6.98. The van der Waals surface area contributed by atoms with Crippen LogP contribution in [0.25, 0.3) is 17.1 Å². The van der Waals surface area contributed by atoms with Gasteiger partial charge in [-0.3, -0.25) is 14.2 Å². The molecule has 0 aliphatic heterocycles. The van der Waals surface area contributed by atoms with E-state index in [0.717, 1.165) is 11.1 Å². The van der Waals surface area contributed by atoms with Crippen molar-refractivity contribution < 1.29 is 23.8 Å². The van der Waals surface area contributed by atoms with Crippen LogP contribution in [0.5, 0.6) is 11.5 Å². The molecular formula is C25H30N4O5S. The fraction of sp³-hybridized carbons (Fsp3) is 0.360. The highest BCUT2D eigenvalue weighted by molar-refractivity contribution is 7.99. The number of hydrogen-bond acceptors (Lipinski definition) is 8. The van der Waals surface area contributed by atoms with Crippen LogP contribution in [0.4, 0.5) is 0 Å². The molecule has 0 spiro atoms. The van der Waals surface area contributed by atoms with E-state index in [4.69, 9.17) is 14.2 Å². The molecule has 0 fully saturated rings. The summed E-state index contributed by atoms with van der Waals surface area (Å²) in [5.74, 6) is 1.60. The van der Waals surface area contributed by atoms with Gasteiger partial charge in [-0.15, -0.1) is 10.2 Å². The van der Waals surface area contributed by atoms with E-state index >= 15 is 0 Å². The average Bonchev–Trinajstić information content (AvgIpc) is 3.29. The number of carbonyl (C=O) groups excluding carboxylic acids is 2. The van der Waals surface area contributed by atoms with Gasteiger partial charge in [0.2, 0.25) is 5.91 Å². The van der Waals surface area contributed by atoms with E-state index in [1.54, 1.807) is 21.1 Å². The molecule has 9 nitrogen and oxygen atoms in total. The van der Waals surface area contributed by atoms with Crippen molar-refractivity contribution in [2.24, 2.45) is 0 Å². The van der Waals surface area contributed by atoms with Crippen LogP contribution in [0.3, 0.4) is 0 Å². The molecule has 1 N–H and O–H groups in total. The Hall–Kier alpha value is -3.53. The van der Waals surface area contributed by atoms with Crippen molar-refractivity contribution in [3.05, 3.63) is 48.0 Å². The molecule has 10 heteroatoms. The minimum atomic E-state index is -0.264. The molecule has 2 aromatic carbocycles. The van der Waals surface area contributed by atoms with Crippen molar-refractivity contribution in [1.82, 2.24) is 20.1 Å². The first-order valence-electron chi connectivity index (χ1n) is 11.3. The predicted molar refractivity (Wildman–Crippen MR) is 134 cm³/mol. The molecule has 0 saturated carbocycles. The maximum Gasteiger partial charge on any atom is 0.305 e. The maximum absolute atomic E-state index is 12.4. The highest BCUT2D eigenvalue weighted by Gasteiger charge is 2.20. The average molecular weight is 499 g/mol. The van der Waals surface area contributed by atoms with Gasteiger partial charge in [0.1, 0.15) is 11.5 Å². The van der Waals surface area contributed by atoms with E-state index in [1.165, 1.54) is 11.8 Å². The number of aromatic nitrogens is 3. The Morgan fingerprint density at radius 1 is 1.06 bits per heavy atom. The Morgan fingerprint density at radius 3 is 2.51 bits per heavy atom. The monoisotopic (exact) mass is 498 g/mol. The van der Waals surface area contributed by atoms with Gasteiger partial charge < -0.3 is 19.5 Å².